The Morgan fingerprint density at radius 3 is 2.26 bits per heavy atom. The molecule has 2 aliphatic rings. The molecule has 0 aliphatic carbocycles. The summed E-state index contributed by atoms with van der Waals surface area (Å²) in [5.74, 6) is 1.26. The lowest BCUT2D eigenvalue weighted by Gasteiger charge is -2.44. The molecule has 2 heterocycles. The molecule has 5 nitrogen and oxygen atoms in total. The summed E-state index contributed by atoms with van der Waals surface area (Å²) >= 11 is 0. The minimum atomic E-state index is 0.0951. The quantitative estimate of drug-likeness (QED) is 0.524. The second kappa shape index (κ2) is 8.53. The van der Waals surface area contributed by atoms with Crippen LogP contribution in [0.3, 0.4) is 0 Å². The molecule has 2 fully saturated rings. The van der Waals surface area contributed by atoms with Crippen LogP contribution in [0.15, 0.2) is 30.3 Å². The maximum Gasteiger partial charge on any atom is 0.104 e. The van der Waals surface area contributed by atoms with Gasteiger partial charge in [-0.15, -0.1) is 0 Å². The zero-order chi connectivity index (χ0) is 19.6. The van der Waals surface area contributed by atoms with Crippen molar-refractivity contribution < 1.29 is 0 Å². The lowest BCUT2D eigenvalue weighted by atomic mass is 9.93. The summed E-state index contributed by atoms with van der Waals surface area (Å²) < 4.78 is 0. The number of rotatable bonds is 6. The van der Waals surface area contributed by atoms with Crippen molar-refractivity contribution in [1.82, 2.24) is 9.80 Å². The molecule has 4 N–H and O–H groups in total. The van der Waals surface area contributed by atoms with Crippen LogP contribution in [0.25, 0.3) is 0 Å². The zero-order valence-corrected chi connectivity index (χ0v) is 17.0. The second-order valence-electron chi connectivity index (χ2n) is 8.55. The maximum absolute atomic E-state index is 8.46. The van der Waals surface area contributed by atoms with Crippen LogP contribution >= 0.6 is 0 Å². The topological polar surface area (TPSA) is 80.2 Å². The molecule has 2 unspecified atom stereocenters. The van der Waals surface area contributed by atoms with Crippen LogP contribution in [0, 0.1) is 16.7 Å². The molecule has 2 bridgehead atoms. The van der Waals surface area contributed by atoms with Gasteiger partial charge in [0.15, 0.2) is 0 Å². The van der Waals surface area contributed by atoms with E-state index < -0.39 is 0 Å². The van der Waals surface area contributed by atoms with Gasteiger partial charge in [0, 0.05) is 36.6 Å². The molecule has 148 valence electrons. The number of nitrogens with zero attached hydrogens (tertiary/aromatic N) is 2. The Hall–Kier alpha value is -1.72. The molecule has 5 heteroatoms. The number of nitrogens with one attached hydrogen (secondary N) is 2. The van der Waals surface area contributed by atoms with Crippen molar-refractivity contribution in [2.24, 2.45) is 11.7 Å². The summed E-state index contributed by atoms with van der Waals surface area (Å²) in [5.41, 5.74) is 7.64. The van der Waals surface area contributed by atoms with Crippen molar-refractivity contribution in [3.63, 3.8) is 0 Å². The van der Waals surface area contributed by atoms with Crippen LogP contribution in [0.1, 0.15) is 64.5 Å². The number of benzene rings is 1. The smallest absolute Gasteiger partial charge is 0.104 e. The van der Waals surface area contributed by atoms with E-state index in [1.807, 2.05) is 31.7 Å². The van der Waals surface area contributed by atoms with Crippen molar-refractivity contribution >= 4 is 11.7 Å². The van der Waals surface area contributed by atoms with Crippen molar-refractivity contribution in [3.8, 4) is 0 Å². The van der Waals surface area contributed by atoms with Crippen molar-refractivity contribution in [2.75, 3.05) is 6.54 Å². The fourth-order valence-electron chi connectivity index (χ4n) is 4.91. The Labute approximate surface area is 163 Å². The average molecular weight is 370 g/mol. The van der Waals surface area contributed by atoms with Gasteiger partial charge >= 0.3 is 0 Å². The lowest BCUT2D eigenvalue weighted by Crippen LogP contribution is -2.54. The normalized spacial score (nSPS) is 26.2. The van der Waals surface area contributed by atoms with E-state index in [2.05, 4.69) is 29.2 Å². The summed E-state index contributed by atoms with van der Waals surface area (Å²) in [5, 5.41) is 16.7. The number of piperidine rings is 1. The van der Waals surface area contributed by atoms with Crippen LogP contribution in [-0.2, 0) is 0 Å². The Kier molecular flexibility index (Phi) is 6.33. The monoisotopic (exact) mass is 369 g/mol. The fraction of sp³-hybridized carbons (Fsp3) is 0.636. The first-order valence-electron chi connectivity index (χ1n) is 10.4. The second-order valence-corrected chi connectivity index (χ2v) is 8.55. The summed E-state index contributed by atoms with van der Waals surface area (Å²) in [6.07, 6.45) is 5.57. The van der Waals surface area contributed by atoms with Crippen LogP contribution < -0.4 is 5.73 Å². The molecule has 0 aromatic heterocycles. The van der Waals surface area contributed by atoms with E-state index in [1.165, 1.54) is 18.4 Å². The van der Waals surface area contributed by atoms with Gasteiger partial charge in [0.1, 0.15) is 5.84 Å². The number of amidine groups is 2. The minimum Gasteiger partial charge on any atom is -0.324 e. The predicted octanol–water partition coefficient (Wildman–Crippen LogP) is 4.00. The van der Waals surface area contributed by atoms with E-state index in [4.69, 9.17) is 16.6 Å². The van der Waals surface area contributed by atoms with Crippen LogP contribution in [0.4, 0.5) is 0 Å². The molecule has 2 saturated heterocycles. The maximum atomic E-state index is 8.46. The van der Waals surface area contributed by atoms with Crippen LogP contribution in [0.2, 0.25) is 0 Å². The van der Waals surface area contributed by atoms with Crippen LogP contribution in [0.5, 0.6) is 0 Å². The molecule has 2 aliphatic heterocycles. The van der Waals surface area contributed by atoms with E-state index in [0.717, 1.165) is 25.8 Å². The molecule has 0 spiro atoms. The highest BCUT2D eigenvalue weighted by Crippen LogP contribution is 2.38. The van der Waals surface area contributed by atoms with Crippen molar-refractivity contribution in [3.05, 3.63) is 35.9 Å². The summed E-state index contributed by atoms with van der Waals surface area (Å²) in [4.78, 5) is 4.65. The predicted molar refractivity (Wildman–Crippen MR) is 112 cm³/mol. The standard InChI is InChI=1S/C22H35N5/c1-15(2)22(25)27(16(3)23)20-13-18-9-10-19(14-20)26(18)12-11-21(24)17-7-5-4-6-8-17/h4-8,15,18-21,23,25H,9-14,24H2,1-3H3/t18-,19?,20?,21-/m0/s1. The number of fused-ring (bicyclic) bond motifs is 2. The zero-order valence-electron chi connectivity index (χ0n) is 17.0. The van der Waals surface area contributed by atoms with Gasteiger partial charge < -0.3 is 10.6 Å². The summed E-state index contributed by atoms with van der Waals surface area (Å²) in [6, 6.07) is 11.9. The third-order valence-corrected chi connectivity index (χ3v) is 6.32. The fourth-order valence-corrected chi connectivity index (χ4v) is 4.91. The number of hydrogen-bond donors (Lipinski definition) is 3. The molecule has 0 amide bonds. The molecule has 4 atom stereocenters. The Morgan fingerprint density at radius 2 is 1.74 bits per heavy atom. The third-order valence-electron chi connectivity index (χ3n) is 6.32. The van der Waals surface area contributed by atoms with E-state index >= 15 is 0 Å². The first-order chi connectivity index (χ1) is 12.9. The number of nitrogens with two attached hydrogens (primary N) is 1. The van der Waals surface area contributed by atoms with Gasteiger partial charge in [-0.05, 0) is 44.6 Å². The lowest BCUT2D eigenvalue weighted by molar-refractivity contribution is 0.0988. The molecule has 0 saturated carbocycles. The minimum absolute atomic E-state index is 0.0951. The van der Waals surface area contributed by atoms with E-state index in [-0.39, 0.29) is 12.0 Å². The molecular weight excluding hydrogens is 334 g/mol. The summed E-state index contributed by atoms with van der Waals surface area (Å²) in [6.45, 7) is 6.97. The van der Waals surface area contributed by atoms with E-state index in [1.54, 1.807) is 0 Å². The van der Waals surface area contributed by atoms with Gasteiger partial charge in [-0.25, -0.2) is 0 Å². The Bertz CT molecular complexity index is 642. The van der Waals surface area contributed by atoms with Gasteiger partial charge in [0.05, 0.1) is 5.84 Å². The summed E-state index contributed by atoms with van der Waals surface area (Å²) in [7, 11) is 0. The molecule has 3 rings (SSSR count). The first-order valence-corrected chi connectivity index (χ1v) is 10.4. The highest BCUT2D eigenvalue weighted by molar-refractivity contribution is 5.98. The van der Waals surface area contributed by atoms with Gasteiger partial charge in [0.2, 0.25) is 0 Å². The van der Waals surface area contributed by atoms with Crippen molar-refractivity contribution in [2.45, 2.75) is 77.0 Å². The Balaban J connectivity index is 1.61. The highest BCUT2D eigenvalue weighted by Gasteiger charge is 2.43. The molecular formula is C22H35N5. The SMILES string of the molecule is CC(=N)N(C(=N)C(C)C)C1CC2CC[C@@H](C1)N2CC[C@H](N)c1ccccc1. The molecule has 1 aromatic rings. The largest absolute Gasteiger partial charge is 0.324 e. The number of hydrogen-bond acceptors (Lipinski definition) is 4. The average Bonchev–Trinajstić information content (AvgIpc) is 2.88. The van der Waals surface area contributed by atoms with Crippen LogP contribution in [-0.4, -0.2) is 46.1 Å². The molecule has 1 aromatic carbocycles. The van der Waals surface area contributed by atoms with Crippen molar-refractivity contribution in [1.29, 1.82) is 10.8 Å². The van der Waals surface area contributed by atoms with E-state index in [9.17, 15) is 0 Å². The first kappa shape index (κ1) is 20.0. The van der Waals surface area contributed by atoms with Gasteiger partial charge in [0.25, 0.3) is 0 Å². The van der Waals surface area contributed by atoms with E-state index in [0.29, 0.717) is 29.8 Å². The Morgan fingerprint density at radius 1 is 1.15 bits per heavy atom. The third kappa shape index (κ3) is 4.41. The van der Waals surface area contributed by atoms with Gasteiger partial charge in [-0.1, -0.05) is 44.2 Å². The van der Waals surface area contributed by atoms with Gasteiger partial charge in [-0.3, -0.25) is 15.7 Å². The highest BCUT2D eigenvalue weighted by atomic mass is 15.3. The molecule has 27 heavy (non-hydrogen) atoms. The molecule has 0 radical (unpaired) electrons. The van der Waals surface area contributed by atoms with Gasteiger partial charge in [-0.2, -0.15) is 0 Å².